The van der Waals surface area contributed by atoms with Crippen molar-refractivity contribution >= 4 is 29.7 Å². The van der Waals surface area contributed by atoms with Crippen LogP contribution in [-0.4, -0.2) is 91.6 Å². The number of methoxy groups -OCH3 is 1. The second-order valence-corrected chi connectivity index (χ2v) is 8.17. The lowest BCUT2D eigenvalue weighted by molar-refractivity contribution is -0.141. The molecule has 37 heavy (non-hydrogen) atoms. The molecule has 0 bridgehead atoms. The van der Waals surface area contributed by atoms with Gasteiger partial charge in [0.05, 0.1) is 19.7 Å². The number of amides is 3. The molecule has 2 atom stereocenters. The van der Waals surface area contributed by atoms with Crippen LogP contribution in [0.1, 0.15) is 67.2 Å². The highest BCUT2D eigenvalue weighted by Crippen LogP contribution is 2.07. The van der Waals surface area contributed by atoms with E-state index in [1.807, 2.05) is 34.6 Å². The van der Waals surface area contributed by atoms with Gasteiger partial charge in [0.2, 0.25) is 17.7 Å². The number of aliphatic hydroxyl groups is 1. The molecule has 0 aliphatic heterocycles. The van der Waals surface area contributed by atoms with Gasteiger partial charge in [-0.1, -0.05) is 34.6 Å². The number of hydrogen-bond acceptors (Lipinski definition) is 8. The Hall–Kier alpha value is -2.93. The van der Waals surface area contributed by atoms with Gasteiger partial charge in [0.15, 0.2) is 5.96 Å². The molecule has 0 fully saturated rings. The van der Waals surface area contributed by atoms with Crippen molar-refractivity contribution in [2.75, 3.05) is 39.9 Å². The lowest BCUT2D eigenvalue weighted by Gasteiger charge is -2.26. The Bertz CT molecular complexity index is 670. The molecule has 0 saturated heterocycles. The minimum Gasteiger partial charge on any atom is -0.468 e. The molecule has 0 heterocycles. The molecule has 0 radical (unpaired) electrons. The number of nitrogens with two attached hydrogens (primary N) is 3. The normalized spacial score (nSPS) is 11.4. The number of hydrogen-bond donors (Lipinski definition) is 6. The molecule has 0 spiro atoms. The molecule has 13 heteroatoms. The van der Waals surface area contributed by atoms with E-state index in [0.717, 1.165) is 0 Å². The van der Waals surface area contributed by atoms with Crippen molar-refractivity contribution in [2.45, 2.75) is 79.3 Å². The van der Waals surface area contributed by atoms with Crippen molar-refractivity contribution in [3.63, 3.8) is 0 Å². The maximum absolute atomic E-state index is 12.7. The summed E-state index contributed by atoms with van der Waals surface area (Å²) >= 11 is 0. The summed E-state index contributed by atoms with van der Waals surface area (Å²) < 4.78 is 4.50. The van der Waals surface area contributed by atoms with Crippen molar-refractivity contribution in [2.24, 2.45) is 28.1 Å². The van der Waals surface area contributed by atoms with Gasteiger partial charge in [-0.25, -0.2) is 0 Å². The lowest BCUT2D eigenvalue weighted by atomic mass is 10.0. The standard InChI is InChI=1S/C20H39N7O5.C2H6O.C2H6/c1-5-9-27(19(31)14(21)10-13(2)3)12-16(28)26-15(7-6-8-24-20(22)23)18(30)25-11-17(29)32-4;1-2-3;1-2/h13-15H,5-12,21H2,1-4H3,(H,25,30)(H,26,28)(H4,22,23,24);3H,2H2,1H3;1-2H3. The number of rotatable bonds is 15. The fourth-order valence-electron chi connectivity index (χ4n) is 2.92. The summed E-state index contributed by atoms with van der Waals surface area (Å²) in [6.45, 7) is 11.8. The number of guanidine groups is 1. The summed E-state index contributed by atoms with van der Waals surface area (Å²) in [5, 5.41) is 12.6. The first-order chi connectivity index (χ1) is 17.4. The molecule has 0 aromatic carbocycles. The van der Waals surface area contributed by atoms with Gasteiger partial charge in [-0.3, -0.25) is 24.2 Å². The third kappa shape index (κ3) is 22.0. The van der Waals surface area contributed by atoms with Crippen LogP contribution in [0.25, 0.3) is 0 Å². The first-order valence-corrected chi connectivity index (χ1v) is 12.8. The zero-order valence-electron chi connectivity index (χ0n) is 23.7. The molecular formula is C24H51N7O6. The molecule has 3 amide bonds. The lowest BCUT2D eigenvalue weighted by Crippen LogP contribution is -2.53. The van der Waals surface area contributed by atoms with E-state index in [-0.39, 0.29) is 50.4 Å². The zero-order chi connectivity index (χ0) is 29.4. The van der Waals surface area contributed by atoms with E-state index in [1.54, 1.807) is 6.92 Å². The largest absolute Gasteiger partial charge is 0.468 e. The van der Waals surface area contributed by atoms with E-state index in [2.05, 4.69) is 20.4 Å². The topological polar surface area (TPSA) is 215 Å². The van der Waals surface area contributed by atoms with Gasteiger partial charge in [0.1, 0.15) is 12.6 Å². The molecule has 13 nitrogen and oxygen atoms in total. The smallest absolute Gasteiger partial charge is 0.325 e. The summed E-state index contributed by atoms with van der Waals surface area (Å²) in [4.78, 5) is 54.3. The SMILES string of the molecule is CC.CCCN(CC(=O)NC(CCCN=C(N)N)C(=O)NCC(=O)OC)C(=O)C(N)CC(C)C.CCO. The van der Waals surface area contributed by atoms with Gasteiger partial charge in [0.25, 0.3) is 0 Å². The predicted molar refractivity (Wildman–Crippen MR) is 145 cm³/mol. The highest BCUT2D eigenvalue weighted by molar-refractivity contribution is 5.92. The molecule has 0 aliphatic rings. The number of ether oxygens (including phenoxy) is 1. The van der Waals surface area contributed by atoms with E-state index in [4.69, 9.17) is 22.3 Å². The van der Waals surface area contributed by atoms with Crippen molar-refractivity contribution < 1.29 is 29.0 Å². The van der Waals surface area contributed by atoms with Crippen LogP contribution in [0.15, 0.2) is 4.99 Å². The fraction of sp³-hybridized carbons (Fsp3) is 0.792. The fourth-order valence-corrected chi connectivity index (χ4v) is 2.92. The Morgan fingerprint density at radius 3 is 2.14 bits per heavy atom. The number of carbonyl (C=O) groups excluding carboxylic acids is 4. The molecule has 9 N–H and O–H groups in total. The van der Waals surface area contributed by atoms with Crippen LogP contribution < -0.4 is 27.8 Å². The van der Waals surface area contributed by atoms with Crippen molar-refractivity contribution in [3.8, 4) is 0 Å². The highest BCUT2D eigenvalue weighted by atomic mass is 16.5. The van der Waals surface area contributed by atoms with Crippen molar-refractivity contribution in [1.29, 1.82) is 0 Å². The molecule has 0 aromatic rings. The summed E-state index contributed by atoms with van der Waals surface area (Å²) in [6, 6.07) is -1.64. The van der Waals surface area contributed by atoms with Crippen LogP contribution in [0.4, 0.5) is 0 Å². The summed E-state index contributed by atoms with van der Waals surface area (Å²) in [6.07, 6.45) is 1.79. The van der Waals surface area contributed by atoms with E-state index < -0.39 is 29.9 Å². The quantitative estimate of drug-likeness (QED) is 0.0688. The first-order valence-electron chi connectivity index (χ1n) is 12.8. The average molecular weight is 534 g/mol. The third-order valence-corrected chi connectivity index (χ3v) is 4.41. The Morgan fingerprint density at radius 2 is 1.68 bits per heavy atom. The molecule has 0 saturated carbocycles. The van der Waals surface area contributed by atoms with E-state index >= 15 is 0 Å². The van der Waals surface area contributed by atoms with Gasteiger partial charge in [-0.05, 0) is 38.5 Å². The maximum atomic E-state index is 12.7. The monoisotopic (exact) mass is 533 g/mol. The number of carbonyl (C=O) groups is 4. The van der Waals surface area contributed by atoms with Crippen LogP contribution >= 0.6 is 0 Å². The second-order valence-electron chi connectivity index (χ2n) is 8.17. The molecule has 0 rings (SSSR count). The van der Waals surface area contributed by atoms with E-state index in [0.29, 0.717) is 25.8 Å². The van der Waals surface area contributed by atoms with Crippen LogP contribution in [-0.2, 0) is 23.9 Å². The summed E-state index contributed by atoms with van der Waals surface area (Å²) in [7, 11) is 1.20. The average Bonchev–Trinajstić information content (AvgIpc) is 2.84. The Morgan fingerprint density at radius 1 is 1.11 bits per heavy atom. The first kappa shape index (κ1) is 38.6. The Labute approximate surface area is 221 Å². The zero-order valence-corrected chi connectivity index (χ0v) is 23.7. The van der Waals surface area contributed by atoms with Gasteiger partial charge < -0.3 is 42.6 Å². The second kappa shape index (κ2) is 24.8. The van der Waals surface area contributed by atoms with E-state index in [1.165, 1.54) is 12.0 Å². The number of esters is 1. The van der Waals surface area contributed by atoms with Crippen molar-refractivity contribution in [3.05, 3.63) is 0 Å². The Balaban J connectivity index is -0.00000214. The number of nitrogens with one attached hydrogen (secondary N) is 2. The molecule has 2 unspecified atom stereocenters. The molecule has 0 aliphatic carbocycles. The van der Waals surface area contributed by atoms with Crippen LogP contribution in [0, 0.1) is 5.92 Å². The van der Waals surface area contributed by atoms with Gasteiger partial charge >= 0.3 is 5.97 Å². The maximum Gasteiger partial charge on any atom is 0.325 e. The minimum atomic E-state index is -0.940. The van der Waals surface area contributed by atoms with Crippen LogP contribution in [0.3, 0.4) is 0 Å². The van der Waals surface area contributed by atoms with E-state index in [9.17, 15) is 19.2 Å². The molecule has 0 aromatic heterocycles. The third-order valence-electron chi connectivity index (χ3n) is 4.41. The van der Waals surface area contributed by atoms with Gasteiger partial charge in [-0.2, -0.15) is 0 Å². The van der Waals surface area contributed by atoms with Gasteiger partial charge in [-0.15, -0.1) is 0 Å². The van der Waals surface area contributed by atoms with Crippen LogP contribution in [0.5, 0.6) is 0 Å². The molecular weight excluding hydrogens is 482 g/mol. The molecule has 218 valence electrons. The summed E-state index contributed by atoms with van der Waals surface area (Å²) in [5.74, 6) is -1.84. The Kier molecular flexibility index (Phi) is 25.8. The number of aliphatic hydroxyl groups excluding tert-OH is 1. The number of nitrogens with zero attached hydrogens (tertiary/aromatic N) is 2. The van der Waals surface area contributed by atoms with Crippen molar-refractivity contribution in [1.82, 2.24) is 15.5 Å². The summed E-state index contributed by atoms with van der Waals surface area (Å²) in [5.41, 5.74) is 16.6. The minimum absolute atomic E-state index is 0.0767. The number of aliphatic imine (C=N–C) groups is 1. The predicted octanol–water partition coefficient (Wildman–Crippen LogP) is -0.549. The highest BCUT2D eigenvalue weighted by Gasteiger charge is 2.26. The van der Waals surface area contributed by atoms with Gasteiger partial charge in [0, 0.05) is 19.7 Å². The van der Waals surface area contributed by atoms with Crippen LogP contribution in [0.2, 0.25) is 0 Å².